The zero-order valence-electron chi connectivity index (χ0n) is 16.2. The molecule has 0 spiro atoms. The van der Waals surface area contributed by atoms with Crippen molar-refractivity contribution in [2.75, 3.05) is 6.26 Å². The van der Waals surface area contributed by atoms with E-state index >= 15 is 0 Å². The predicted molar refractivity (Wildman–Crippen MR) is 102 cm³/mol. The Labute approximate surface area is 152 Å². The predicted octanol–water partition coefficient (Wildman–Crippen LogP) is 4.88. The van der Waals surface area contributed by atoms with Crippen LogP contribution in [0.4, 0.5) is 0 Å². The second-order valence-electron chi connectivity index (χ2n) is 10.4. The lowest BCUT2D eigenvalue weighted by Gasteiger charge is -2.67. The Bertz CT molecular complexity index is 546. The summed E-state index contributed by atoms with van der Waals surface area (Å²) in [5, 5.41) is 4.00. The standard InChI is InChI=1S/C21H35NOS/c1-19(2)16-13-7-6-10-20(13,3)11-8-14(16)21(4)12-9-15(23)22-17(21)18(19)24-5/h13-14,16-18H,6-12H2,1-5H3,(H,22,23)/t13-,14+,16-,17?,18?,20-,21+/m0/s1. The zero-order chi connectivity index (χ0) is 17.3. The van der Waals surface area contributed by atoms with E-state index in [1.54, 1.807) is 0 Å². The van der Waals surface area contributed by atoms with E-state index in [1.807, 2.05) is 11.8 Å². The molecule has 24 heavy (non-hydrogen) atoms. The molecule has 0 radical (unpaired) electrons. The maximum absolute atomic E-state index is 12.2. The van der Waals surface area contributed by atoms with Crippen molar-refractivity contribution in [3.63, 3.8) is 0 Å². The molecule has 2 unspecified atom stereocenters. The number of carbonyl (C=O) groups is 1. The maximum atomic E-state index is 12.2. The fraction of sp³-hybridized carbons (Fsp3) is 0.952. The summed E-state index contributed by atoms with van der Waals surface area (Å²) in [4.78, 5) is 12.2. The number of fused-ring (bicyclic) bond motifs is 5. The summed E-state index contributed by atoms with van der Waals surface area (Å²) in [6.07, 6.45) is 11.2. The number of amides is 1. The van der Waals surface area contributed by atoms with Crippen molar-refractivity contribution in [2.24, 2.45) is 34.0 Å². The molecular formula is C21H35NOS. The molecule has 0 bridgehead atoms. The van der Waals surface area contributed by atoms with E-state index in [-0.39, 0.29) is 5.91 Å². The van der Waals surface area contributed by atoms with Crippen LogP contribution in [0.25, 0.3) is 0 Å². The van der Waals surface area contributed by atoms with E-state index in [1.165, 1.54) is 32.1 Å². The van der Waals surface area contributed by atoms with E-state index in [0.717, 1.165) is 30.6 Å². The monoisotopic (exact) mass is 349 g/mol. The molecule has 4 rings (SSSR count). The number of piperidine rings is 1. The number of hydrogen-bond donors (Lipinski definition) is 1. The van der Waals surface area contributed by atoms with Crippen molar-refractivity contribution >= 4 is 17.7 Å². The Morgan fingerprint density at radius 1 is 1.04 bits per heavy atom. The van der Waals surface area contributed by atoms with Crippen LogP contribution in [0.5, 0.6) is 0 Å². The molecule has 1 N–H and O–H groups in total. The molecule has 3 saturated carbocycles. The SMILES string of the molecule is CSC1C2NC(=O)CC[C@]2(C)[C@@H]2CC[C@]3(C)CCC[C@H]3[C@@H]2C1(C)C. The smallest absolute Gasteiger partial charge is 0.220 e. The molecule has 1 aliphatic heterocycles. The lowest BCUT2D eigenvalue weighted by atomic mass is 9.42. The lowest BCUT2D eigenvalue weighted by molar-refractivity contribution is -0.153. The summed E-state index contributed by atoms with van der Waals surface area (Å²) >= 11 is 2.01. The van der Waals surface area contributed by atoms with Gasteiger partial charge in [0.1, 0.15) is 0 Å². The van der Waals surface area contributed by atoms with Crippen molar-refractivity contribution in [2.45, 2.75) is 83.9 Å². The Balaban J connectivity index is 1.80. The van der Waals surface area contributed by atoms with E-state index in [9.17, 15) is 4.79 Å². The highest BCUT2D eigenvalue weighted by atomic mass is 32.2. The normalized spacial score (nSPS) is 52.9. The van der Waals surface area contributed by atoms with Crippen molar-refractivity contribution in [1.29, 1.82) is 0 Å². The first-order chi connectivity index (χ1) is 11.2. The number of hydrogen-bond acceptors (Lipinski definition) is 2. The van der Waals surface area contributed by atoms with Gasteiger partial charge in [-0.2, -0.15) is 11.8 Å². The first-order valence-corrected chi connectivity index (χ1v) is 11.3. The van der Waals surface area contributed by atoms with Gasteiger partial charge in [-0.1, -0.05) is 34.1 Å². The van der Waals surface area contributed by atoms with Crippen molar-refractivity contribution in [3.05, 3.63) is 0 Å². The van der Waals surface area contributed by atoms with Crippen LogP contribution in [0.2, 0.25) is 0 Å². The van der Waals surface area contributed by atoms with E-state index in [4.69, 9.17) is 0 Å². The average molecular weight is 350 g/mol. The molecule has 136 valence electrons. The van der Waals surface area contributed by atoms with Gasteiger partial charge in [-0.3, -0.25) is 4.79 Å². The van der Waals surface area contributed by atoms with E-state index in [2.05, 4.69) is 39.3 Å². The second-order valence-corrected chi connectivity index (χ2v) is 11.3. The summed E-state index contributed by atoms with van der Waals surface area (Å²) < 4.78 is 0. The Morgan fingerprint density at radius 3 is 2.50 bits per heavy atom. The molecule has 4 aliphatic rings. The molecule has 1 amide bonds. The lowest BCUT2D eigenvalue weighted by Crippen LogP contribution is -2.70. The Morgan fingerprint density at radius 2 is 1.79 bits per heavy atom. The molecule has 1 heterocycles. The van der Waals surface area contributed by atoms with E-state index < -0.39 is 0 Å². The highest BCUT2D eigenvalue weighted by Crippen LogP contribution is 2.69. The summed E-state index contributed by atoms with van der Waals surface area (Å²) in [5.74, 6) is 2.80. The number of carbonyl (C=O) groups excluding carboxylic acids is 1. The fourth-order valence-corrected chi connectivity index (χ4v) is 9.17. The zero-order valence-corrected chi connectivity index (χ0v) is 17.0. The number of nitrogens with one attached hydrogen (secondary N) is 1. The molecule has 7 atom stereocenters. The van der Waals surface area contributed by atoms with E-state index in [0.29, 0.717) is 27.5 Å². The summed E-state index contributed by atoms with van der Waals surface area (Å²) in [6, 6.07) is 0.357. The fourth-order valence-electron chi connectivity index (χ4n) is 7.75. The van der Waals surface area contributed by atoms with Crippen LogP contribution >= 0.6 is 11.8 Å². The Hall–Kier alpha value is -0.180. The van der Waals surface area contributed by atoms with Crippen LogP contribution in [-0.2, 0) is 4.79 Å². The third-order valence-corrected chi connectivity index (χ3v) is 10.4. The number of thioether (sulfide) groups is 1. The van der Waals surface area contributed by atoms with Crippen molar-refractivity contribution < 1.29 is 4.79 Å². The molecule has 0 aromatic rings. The van der Waals surface area contributed by atoms with Gasteiger partial charge in [-0.25, -0.2) is 0 Å². The minimum Gasteiger partial charge on any atom is -0.352 e. The molecular weight excluding hydrogens is 314 g/mol. The average Bonchev–Trinajstić information content (AvgIpc) is 2.91. The van der Waals surface area contributed by atoms with Gasteiger partial charge in [0.25, 0.3) is 0 Å². The molecule has 0 aromatic carbocycles. The van der Waals surface area contributed by atoms with Gasteiger partial charge in [-0.15, -0.1) is 0 Å². The first kappa shape index (κ1) is 17.2. The highest BCUT2D eigenvalue weighted by molar-refractivity contribution is 7.99. The summed E-state index contributed by atoms with van der Waals surface area (Å²) in [5.41, 5.74) is 1.18. The van der Waals surface area contributed by atoms with Gasteiger partial charge in [0.05, 0.1) is 0 Å². The highest BCUT2D eigenvalue weighted by Gasteiger charge is 2.66. The van der Waals surface area contributed by atoms with Crippen LogP contribution in [0.3, 0.4) is 0 Å². The Kier molecular flexibility index (Phi) is 3.89. The molecule has 2 nitrogen and oxygen atoms in total. The van der Waals surface area contributed by atoms with Crippen LogP contribution < -0.4 is 5.32 Å². The van der Waals surface area contributed by atoms with Crippen molar-refractivity contribution in [3.8, 4) is 0 Å². The topological polar surface area (TPSA) is 29.1 Å². The minimum atomic E-state index is 0.285. The van der Waals surface area contributed by atoms with Crippen molar-refractivity contribution in [1.82, 2.24) is 5.32 Å². The van der Waals surface area contributed by atoms with Crippen LogP contribution in [0.1, 0.15) is 72.6 Å². The first-order valence-electron chi connectivity index (χ1n) is 10.1. The summed E-state index contributed by atoms with van der Waals surface area (Å²) in [6.45, 7) is 10.2. The maximum Gasteiger partial charge on any atom is 0.220 e. The molecule has 3 aliphatic carbocycles. The summed E-state index contributed by atoms with van der Waals surface area (Å²) in [7, 11) is 0. The quantitative estimate of drug-likeness (QED) is 0.731. The molecule has 3 heteroatoms. The van der Waals surface area contributed by atoms with Crippen LogP contribution in [0, 0.1) is 34.0 Å². The van der Waals surface area contributed by atoms with Gasteiger partial charge in [0, 0.05) is 17.7 Å². The second kappa shape index (κ2) is 5.41. The van der Waals surface area contributed by atoms with Gasteiger partial charge < -0.3 is 5.32 Å². The van der Waals surface area contributed by atoms with Gasteiger partial charge in [-0.05, 0) is 72.4 Å². The largest absolute Gasteiger partial charge is 0.352 e. The van der Waals surface area contributed by atoms with Gasteiger partial charge in [0.2, 0.25) is 5.91 Å². The third kappa shape index (κ3) is 2.12. The number of rotatable bonds is 1. The van der Waals surface area contributed by atoms with Gasteiger partial charge in [0.15, 0.2) is 0 Å². The minimum absolute atomic E-state index is 0.285. The molecule has 0 aromatic heterocycles. The molecule has 1 saturated heterocycles. The van der Waals surface area contributed by atoms with Gasteiger partial charge >= 0.3 is 0 Å². The molecule has 4 fully saturated rings. The van der Waals surface area contributed by atoms with Crippen LogP contribution in [-0.4, -0.2) is 23.5 Å². The van der Waals surface area contributed by atoms with Crippen LogP contribution in [0.15, 0.2) is 0 Å². The third-order valence-electron chi connectivity index (χ3n) is 8.97.